The highest BCUT2D eigenvalue weighted by Crippen LogP contribution is 2.29. The highest BCUT2D eigenvalue weighted by Gasteiger charge is 2.24. The van der Waals surface area contributed by atoms with Crippen LogP contribution in [0.15, 0.2) is 0 Å². The van der Waals surface area contributed by atoms with Crippen molar-refractivity contribution in [3.8, 4) is 0 Å². The van der Waals surface area contributed by atoms with Crippen LogP contribution in [0.5, 0.6) is 0 Å². The summed E-state index contributed by atoms with van der Waals surface area (Å²) in [5.41, 5.74) is 3.69. The Bertz CT molecular complexity index is 266. The molecule has 0 spiro atoms. The van der Waals surface area contributed by atoms with Gasteiger partial charge in [-0.2, -0.15) is 0 Å². The fourth-order valence-electron chi connectivity index (χ4n) is 3.59. The monoisotopic (exact) mass is 280 g/mol. The van der Waals surface area contributed by atoms with Crippen LogP contribution in [0.25, 0.3) is 0 Å². The second-order valence-electron chi connectivity index (χ2n) is 7.28. The zero-order valence-electron chi connectivity index (χ0n) is 13.0. The molecular weight excluding hydrogens is 248 g/mol. The zero-order chi connectivity index (χ0) is 13.6. The van der Waals surface area contributed by atoms with Gasteiger partial charge in [-0.25, -0.2) is 5.01 Å². The van der Waals surface area contributed by atoms with E-state index in [0.29, 0.717) is 0 Å². The van der Waals surface area contributed by atoms with Crippen LogP contribution < -0.4 is 5.43 Å². The Morgan fingerprint density at radius 1 is 0.750 bits per heavy atom. The molecule has 2 aliphatic carbocycles. The third kappa shape index (κ3) is 5.01. The van der Waals surface area contributed by atoms with Gasteiger partial charge in [0, 0.05) is 32.8 Å². The van der Waals surface area contributed by atoms with Gasteiger partial charge in [-0.1, -0.05) is 19.3 Å². The van der Waals surface area contributed by atoms with E-state index in [0.717, 1.165) is 31.0 Å². The lowest BCUT2D eigenvalue weighted by Crippen LogP contribution is -2.46. The van der Waals surface area contributed by atoms with Crippen LogP contribution in [0.2, 0.25) is 0 Å². The second-order valence-corrected chi connectivity index (χ2v) is 7.28. The summed E-state index contributed by atoms with van der Waals surface area (Å²) >= 11 is 0. The molecule has 2 saturated carbocycles. The van der Waals surface area contributed by atoms with E-state index in [1.54, 1.807) is 0 Å². The quantitative estimate of drug-likeness (QED) is 0.775. The molecule has 0 unspecified atom stereocenters. The van der Waals surface area contributed by atoms with E-state index in [9.17, 15) is 0 Å². The average Bonchev–Trinajstić information content (AvgIpc) is 3.32. The Kier molecular flexibility index (Phi) is 5.75. The minimum Gasteiger partial charge on any atom is -0.381 e. The summed E-state index contributed by atoms with van der Waals surface area (Å²) in [6.45, 7) is 5.67. The van der Waals surface area contributed by atoms with Crippen molar-refractivity contribution in [2.45, 2.75) is 57.8 Å². The largest absolute Gasteiger partial charge is 0.381 e. The Balaban J connectivity index is 1.23. The van der Waals surface area contributed by atoms with Gasteiger partial charge < -0.3 is 4.74 Å². The molecule has 0 bridgehead atoms. The minimum absolute atomic E-state index is 0.807. The van der Waals surface area contributed by atoms with Crippen molar-refractivity contribution in [2.75, 3.05) is 32.8 Å². The fourth-order valence-corrected chi connectivity index (χ4v) is 3.59. The lowest BCUT2D eigenvalue weighted by Gasteiger charge is -2.34. The highest BCUT2D eigenvalue weighted by molar-refractivity contribution is 4.74. The predicted octanol–water partition coefficient (Wildman–Crippen LogP) is 3.21. The van der Waals surface area contributed by atoms with Gasteiger partial charge in [0.05, 0.1) is 0 Å². The van der Waals surface area contributed by atoms with Crippen molar-refractivity contribution in [1.29, 1.82) is 0 Å². The molecule has 1 heterocycles. The van der Waals surface area contributed by atoms with E-state index in [2.05, 4.69) is 10.4 Å². The third-order valence-corrected chi connectivity index (χ3v) is 5.35. The van der Waals surface area contributed by atoms with Gasteiger partial charge in [0.25, 0.3) is 0 Å². The second kappa shape index (κ2) is 7.77. The first kappa shape index (κ1) is 14.8. The molecule has 0 aromatic carbocycles. The molecule has 3 nitrogen and oxygen atoms in total. The molecule has 0 amide bonds. The molecule has 3 rings (SSSR count). The average molecular weight is 280 g/mol. The van der Waals surface area contributed by atoms with Crippen LogP contribution in [-0.2, 0) is 4.74 Å². The minimum atomic E-state index is 0.807. The Labute approximate surface area is 124 Å². The van der Waals surface area contributed by atoms with Gasteiger partial charge >= 0.3 is 0 Å². The number of rotatable bonds is 7. The summed E-state index contributed by atoms with van der Waals surface area (Å²) in [7, 11) is 0. The van der Waals surface area contributed by atoms with Crippen molar-refractivity contribution in [3.05, 3.63) is 0 Å². The van der Waals surface area contributed by atoms with Gasteiger partial charge in [0.1, 0.15) is 0 Å². The topological polar surface area (TPSA) is 24.5 Å². The summed E-state index contributed by atoms with van der Waals surface area (Å²) in [6.07, 6.45) is 12.7. The molecule has 0 radical (unpaired) electrons. The van der Waals surface area contributed by atoms with Gasteiger partial charge in [0.15, 0.2) is 0 Å². The maximum atomic E-state index is 5.85. The lowest BCUT2D eigenvalue weighted by atomic mass is 9.89. The Morgan fingerprint density at radius 3 is 2.05 bits per heavy atom. The molecule has 0 aromatic rings. The van der Waals surface area contributed by atoms with Crippen molar-refractivity contribution in [1.82, 2.24) is 10.4 Å². The normalized spacial score (nSPS) is 27.0. The molecular formula is C17H32N2O. The van der Waals surface area contributed by atoms with Crippen molar-refractivity contribution < 1.29 is 4.74 Å². The predicted molar refractivity (Wildman–Crippen MR) is 82.4 cm³/mol. The summed E-state index contributed by atoms with van der Waals surface area (Å²) in [5, 5.41) is 2.46. The van der Waals surface area contributed by atoms with E-state index >= 15 is 0 Å². The van der Waals surface area contributed by atoms with Crippen molar-refractivity contribution in [3.63, 3.8) is 0 Å². The molecule has 1 aliphatic heterocycles. The molecule has 1 N–H and O–H groups in total. The van der Waals surface area contributed by atoms with Crippen LogP contribution in [0.1, 0.15) is 57.8 Å². The third-order valence-electron chi connectivity index (χ3n) is 5.35. The molecule has 116 valence electrons. The molecule has 0 aromatic heterocycles. The number of nitrogens with zero attached hydrogens (tertiary/aromatic N) is 1. The van der Waals surface area contributed by atoms with Crippen LogP contribution >= 0.6 is 0 Å². The zero-order valence-corrected chi connectivity index (χ0v) is 13.0. The van der Waals surface area contributed by atoms with Crippen LogP contribution in [0.4, 0.5) is 0 Å². The first-order valence-electron chi connectivity index (χ1n) is 8.96. The van der Waals surface area contributed by atoms with E-state index in [4.69, 9.17) is 4.74 Å². The van der Waals surface area contributed by atoms with E-state index in [1.165, 1.54) is 77.4 Å². The molecule has 3 fully saturated rings. The number of hydrogen-bond donors (Lipinski definition) is 1. The Morgan fingerprint density at radius 2 is 1.40 bits per heavy atom. The Hall–Kier alpha value is -0.120. The van der Waals surface area contributed by atoms with E-state index in [-0.39, 0.29) is 0 Å². The molecule has 3 aliphatic rings. The first-order chi connectivity index (χ1) is 9.90. The van der Waals surface area contributed by atoms with Crippen LogP contribution in [0, 0.1) is 17.8 Å². The SMILES string of the molecule is C1CCC(CNN2CCC(COCC3CC3)CC2)CC1. The van der Waals surface area contributed by atoms with Crippen molar-refractivity contribution in [2.24, 2.45) is 17.8 Å². The smallest absolute Gasteiger partial charge is 0.0495 e. The van der Waals surface area contributed by atoms with Gasteiger partial charge in [0.2, 0.25) is 0 Å². The van der Waals surface area contributed by atoms with Crippen molar-refractivity contribution >= 4 is 0 Å². The summed E-state index contributed by atoms with van der Waals surface area (Å²) < 4.78 is 5.85. The standard InChI is InChI=1S/C17H32N2O/c1-2-4-15(5-3-1)12-18-19-10-8-17(9-11-19)14-20-13-16-6-7-16/h15-18H,1-14H2. The van der Waals surface area contributed by atoms with Gasteiger partial charge in [-0.05, 0) is 56.3 Å². The maximum Gasteiger partial charge on any atom is 0.0495 e. The summed E-state index contributed by atoms with van der Waals surface area (Å²) in [4.78, 5) is 0. The molecule has 0 atom stereocenters. The number of ether oxygens (including phenoxy) is 1. The first-order valence-corrected chi connectivity index (χ1v) is 8.96. The van der Waals surface area contributed by atoms with Crippen LogP contribution in [0.3, 0.4) is 0 Å². The number of hydrazine groups is 1. The lowest BCUT2D eigenvalue weighted by molar-refractivity contribution is 0.0452. The van der Waals surface area contributed by atoms with E-state index in [1.807, 2.05) is 0 Å². The number of nitrogens with one attached hydrogen (secondary N) is 1. The maximum absolute atomic E-state index is 5.85. The molecule has 1 saturated heterocycles. The van der Waals surface area contributed by atoms with Gasteiger partial charge in [-0.15, -0.1) is 0 Å². The highest BCUT2D eigenvalue weighted by atomic mass is 16.5. The van der Waals surface area contributed by atoms with Crippen LogP contribution in [-0.4, -0.2) is 37.9 Å². The number of hydrogen-bond acceptors (Lipinski definition) is 3. The molecule has 3 heteroatoms. The summed E-state index contributed by atoms with van der Waals surface area (Å²) in [5.74, 6) is 2.65. The van der Waals surface area contributed by atoms with Gasteiger partial charge in [-0.3, -0.25) is 5.43 Å². The summed E-state index contributed by atoms with van der Waals surface area (Å²) in [6, 6.07) is 0. The molecule has 20 heavy (non-hydrogen) atoms. The van der Waals surface area contributed by atoms with E-state index < -0.39 is 0 Å². The number of piperidine rings is 1. The fraction of sp³-hybridized carbons (Fsp3) is 1.00.